The molecule has 0 aliphatic carbocycles. The minimum absolute atomic E-state index is 0.148. The van der Waals surface area contributed by atoms with Crippen molar-refractivity contribution in [3.05, 3.63) is 59.7 Å². The van der Waals surface area contributed by atoms with Crippen molar-refractivity contribution in [2.75, 3.05) is 13.2 Å². The second kappa shape index (κ2) is 9.24. The number of aromatic nitrogens is 2. The lowest BCUT2D eigenvalue weighted by atomic mass is 10.2. The number of ether oxygens (including phenoxy) is 2. The molecule has 2 amide bonds. The van der Waals surface area contributed by atoms with E-state index in [4.69, 9.17) is 14.0 Å². The molecular formula is C21H19FN4O5. The maximum Gasteiger partial charge on any atom is 0.269 e. The van der Waals surface area contributed by atoms with E-state index in [9.17, 15) is 14.0 Å². The van der Waals surface area contributed by atoms with Gasteiger partial charge in [-0.25, -0.2) is 4.39 Å². The number of hydrogen-bond donors (Lipinski definition) is 2. The van der Waals surface area contributed by atoms with Crippen LogP contribution >= 0.6 is 0 Å². The zero-order valence-corrected chi connectivity index (χ0v) is 16.4. The highest BCUT2D eigenvalue weighted by molar-refractivity contribution is 5.96. The number of amides is 2. The smallest absolute Gasteiger partial charge is 0.269 e. The van der Waals surface area contributed by atoms with E-state index in [2.05, 4.69) is 21.0 Å². The van der Waals surface area contributed by atoms with Gasteiger partial charge < -0.3 is 14.0 Å². The summed E-state index contributed by atoms with van der Waals surface area (Å²) in [5.41, 5.74) is 5.71. The largest absolute Gasteiger partial charge is 0.486 e. The molecule has 0 radical (unpaired) electrons. The van der Waals surface area contributed by atoms with Crippen molar-refractivity contribution < 1.29 is 28.0 Å². The van der Waals surface area contributed by atoms with Crippen LogP contribution < -0.4 is 20.3 Å². The standard InChI is InChI=1S/C21H19FN4O5/c22-15-7-4-13(5-8-15)20-23-19(31-26-20)3-1-2-18(27)24-25-21(28)14-6-9-16-17(12-14)30-11-10-29-16/h4-9,12H,1-3,10-11H2,(H,24,27)(H,25,28). The normalized spacial score (nSPS) is 12.3. The van der Waals surface area contributed by atoms with Gasteiger partial charge in [0.1, 0.15) is 19.0 Å². The first kappa shape index (κ1) is 20.3. The topological polar surface area (TPSA) is 116 Å². The minimum atomic E-state index is -0.467. The van der Waals surface area contributed by atoms with Crippen LogP contribution in [0.15, 0.2) is 47.0 Å². The van der Waals surface area contributed by atoms with Crippen LogP contribution in [0.1, 0.15) is 29.1 Å². The van der Waals surface area contributed by atoms with Gasteiger partial charge in [-0.15, -0.1) is 0 Å². The molecule has 1 aliphatic heterocycles. The van der Waals surface area contributed by atoms with E-state index < -0.39 is 5.91 Å². The van der Waals surface area contributed by atoms with E-state index in [0.717, 1.165) is 0 Å². The van der Waals surface area contributed by atoms with Gasteiger partial charge in [-0.1, -0.05) is 5.16 Å². The molecule has 31 heavy (non-hydrogen) atoms. The van der Waals surface area contributed by atoms with Gasteiger partial charge >= 0.3 is 0 Å². The predicted octanol–water partition coefficient (Wildman–Crippen LogP) is 2.43. The van der Waals surface area contributed by atoms with Crippen molar-refractivity contribution in [2.45, 2.75) is 19.3 Å². The summed E-state index contributed by atoms with van der Waals surface area (Å²) in [6.07, 6.45) is 0.976. The maximum absolute atomic E-state index is 13.0. The Balaban J connectivity index is 1.21. The number of carbonyl (C=O) groups is 2. The second-order valence-corrected chi connectivity index (χ2v) is 6.73. The number of benzene rings is 2. The maximum atomic E-state index is 13.0. The highest BCUT2D eigenvalue weighted by Crippen LogP contribution is 2.30. The van der Waals surface area contributed by atoms with Gasteiger partial charge in [0.15, 0.2) is 11.5 Å². The SMILES string of the molecule is O=C(CCCc1nc(-c2ccc(F)cc2)no1)NNC(=O)c1ccc2c(c1)OCCO2. The molecule has 1 aliphatic rings. The number of halogens is 1. The first-order valence-corrected chi connectivity index (χ1v) is 9.66. The number of fused-ring (bicyclic) bond motifs is 1. The zero-order valence-electron chi connectivity index (χ0n) is 16.4. The van der Waals surface area contributed by atoms with E-state index in [1.165, 1.54) is 12.1 Å². The molecule has 0 unspecified atom stereocenters. The van der Waals surface area contributed by atoms with Crippen molar-refractivity contribution in [3.63, 3.8) is 0 Å². The Morgan fingerprint density at radius 2 is 1.77 bits per heavy atom. The molecule has 10 heteroatoms. The van der Waals surface area contributed by atoms with Crippen LogP contribution in [0.5, 0.6) is 11.5 Å². The molecule has 160 valence electrons. The molecule has 2 aromatic carbocycles. The summed E-state index contributed by atoms with van der Waals surface area (Å²) in [5, 5.41) is 3.85. The molecule has 0 spiro atoms. The lowest BCUT2D eigenvalue weighted by Gasteiger charge is -2.18. The number of aryl methyl sites for hydroxylation is 1. The van der Waals surface area contributed by atoms with Crippen molar-refractivity contribution in [1.29, 1.82) is 0 Å². The molecule has 1 aromatic heterocycles. The summed E-state index contributed by atoms with van der Waals surface area (Å²) in [5.74, 6) is 0.619. The molecule has 0 atom stereocenters. The molecule has 0 fully saturated rings. The zero-order chi connectivity index (χ0) is 21.6. The Labute approximate surface area is 176 Å². The molecule has 0 saturated heterocycles. The number of hydrogen-bond acceptors (Lipinski definition) is 7. The van der Waals surface area contributed by atoms with Crippen LogP contribution in [-0.2, 0) is 11.2 Å². The third-order valence-corrected chi connectivity index (χ3v) is 4.48. The van der Waals surface area contributed by atoms with Crippen molar-refractivity contribution >= 4 is 11.8 Å². The molecule has 2 heterocycles. The summed E-state index contributed by atoms with van der Waals surface area (Å²) in [6, 6.07) is 10.5. The number of nitrogens with one attached hydrogen (secondary N) is 2. The Kier molecular flexibility index (Phi) is 6.06. The van der Waals surface area contributed by atoms with Gasteiger partial charge in [-0.05, 0) is 48.9 Å². The highest BCUT2D eigenvalue weighted by atomic mass is 19.1. The summed E-state index contributed by atoms with van der Waals surface area (Å²) < 4.78 is 29.0. The van der Waals surface area contributed by atoms with Crippen molar-refractivity contribution in [1.82, 2.24) is 21.0 Å². The fraction of sp³-hybridized carbons (Fsp3) is 0.238. The quantitative estimate of drug-likeness (QED) is 0.582. The van der Waals surface area contributed by atoms with Crippen LogP contribution in [-0.4, -0.2) is 35.2 Å². The van der Waals surface area contributed by atoms with Crippen molar-refractivity contribution in [2.24, 2.45) is 0 Å². The highest BCUT2D eigenvalue weighted by Gasteiger charge is 2.15. The Bertz CT molecular complexity index is 1080. The van der Waals surface area contributed by atoms with Crippen LogP contribution in [0, 0.1) is 5.82 Å². The van der Waals surface area contributed by atoms with Gasteiger partial charge in [-0.2, -0.15) is 4.98 Å². The van der Waals surface area contributed by atoms with Gasteiger partial charge in [0.05, 0.1) is 0 Å². The van der Waals surface area contributed by atoms with Gasteiger partial charge in [0.2, 0.25) is 17.6 Å². The van der Waals surface area contributed by atoms with E-state index in [1.807, 2.05) is 0 Å². The number of rotatable bonds is 6. The Morgan fingerprint density at radius 3 is 2.58 bits per heavy atom. The van der Waals surface area contributed by atoms with E-state index >= 15 is 0 Å². The monoisotopic (exact) mass is 426 g/mol. The first-order valence-electron chi connectivity index (χ1n) is 9.66. The van der Waals surface area contributed by atoms with Crippen LogP contribution in [0.3, 0.4) is 0 Å². The predicted molar refractivity (Wildman–Crippen MR) is 106 cm³/mol. The molecule has 0 saturated carbocycles. The number of nitrogens with zero attached hydrogens (tertiary/aromatic N) is 2. The minimum Gasteiger partial charge on any atom is -0.486 e. The molecule has 0 bridgehead atoms. The summed E-state index contributed by atoms with van der Waals surface area (Å²) in [6.45, 7) is 0.881. The molecule has 9 nitrogen and oxygen atoms in total. The summed E-state index contributed by atoms with van der Waals surface area (Å²) >= 11 is 0. The first-order chi connectivity index (χ1) is 15.1. The summed E-state index contributed by atoms with van der Waals surface area (Å²) in [7, 11) is 0. The second-order valence-electron chi connectivity index (χ2n) is 6.73. The van der Waals surface area contributed by atoms with Gasteiger partial charge in [-0.3, -0.25) is 20.4 Å². The van der Waals surface area contributed by atoms with E-state index in [1.54, 1.807) is 30.3 Å². The number of carbonyl (C=O) groups excluding carboxylic acids is 2. The number of hydrazine groups is 1. The average Bonchev–Trinajstić information content (AvgIpc) is 3.26. The average molecular weight is 426 g/mol. The van der Waals surface area contributed by atoms with Gasteiger partial charge in [0, 0.05) is 24.0 Å². The molecule has 2 N–H and O–H groups in total. The lowest BCUT2D eigenvalue weighted by molar-refractivity contribution is -0.121. The molecular weight excluding hydrogens is 407 g/mol. The third-order valence-electron chi connectivity index (χ3n) is 4.48. The lowest BCUT2D eigenvalue weighted by Crippen LogP contribution is -2.41. The van der Waals surface area contributed by atoms with Gasteiger partial charge in [0.25, 0.3) is 5.91 Å². The fourth-order valence-corrected chi connectivity index (χ4v) is 2.92. The summed E-state index contributed by atoms with van der Waals surface area (Å²) in [4.78, 5) is 28.4. The molecule has 4 rings (SSSR count). The van der Waals surface area contributed by atoms with Crippen LogP contribution in [0.25, 0.3) is 11.4 Å². The molecule has 3 aromatic rings. The van der Waals surface area contributed by atoms with E-state index in [0.29, 0.717) is 60.4 Å². The third kappa shape index (κ3) is 5.16. The Hall–Kier alpha value is -3.95. The van der Waals surface area contributed by atoms with Crippen LogP contribution in [0.4, 0.5) is 4.39 Å². The van der Waals surface area contributed by atoms with E-state index in [-0.39, 0.29) is 18.1 Å². The van der Waals surface area contributed by atoms with Crippen molar-refractivity contribution in [3.8, 4) is 22.9 Å². The fourth-order valence-electron chi connectivity index (χ4n) is 2.92. The Morgan fingerprint density at radius 1 is 1.00 bits per heavy atom. The van der Waals surface area contributed by atoms with Crippen LogP contribution in [0.2, 0.25) is 0 Å².